The molecule has 0 saturated heterocycles. The number of hydrogen-bond acceptors (Lipinski definition) is 3. The molecule has 1 N–H and O–H groups in total. The fourth-order valence-electron chi connectivity index (χ4n) is 3.11. The number of carbonyl (C=O) groups is 1. The molecule has 0 heterocycles. The monoisotopic (exact) mass is 358 g/mol. The van der Waals surface area contributed by atoms with Crippen molar-refractivity contribution in [2.75, 3.05) is 6.61 Å². The Hall–Kier alpha value is -1.87. The van der Waals surface area contributed by atoms with E-state index in [1.165, 1.54) is 36.5 Å². The predicted octanol–water partition coefficient (Wildman–Crippen LogP) is 5.44. The van der Waals surface area contributed by atoms with Crippen LogP contribution in [0.1, 0.15) is 60.8 Å². The molecule has 0 aromatic rings. The second kappa shape index (κ2) is 10.3. The molecule has 1 rings (SSSR count). The summed E-state index contributed by atoms with van der Waals surface area (Å²) in [7, 11) is 0. The van der Waals surface area contributed by atoms with Gasteiger partial charge in [-0.1, -0.05) is 55.4 Å². The lowest BCUT2D eigenvalue weighted by molar-refractivity contribution is -0.140. The molecule has 3 nitrogen and oxygen atoms in total. The highest BCUT2D eigenvalue weighted by atomic mass is 16.5. The summed E-state index contributed by atoms with van der Waals surface area (Å²) in [6.45, 7) is 12.4. The molecule has 0 bridgehead atoms. The SMILES string of the molecule is CC1=C(/C=C/C(C)=C/C=C/C(C)=C/C(=O)OCC(C)O)C(C)(C)CCC1. The Morgan fingerprint density at radius 3 is 2.58 bits per heavy atom. The Balaban J connectivity index is 2.67. The van der Waals surface area contributed by atoms with E-state index < -0.39 is 12.1 Å². The summed E-state index contributed by atoms with van der Waals surface area (Å²) in [5.41, 5.74) is 5.17. The van der Waals surface area contributed by atoms with Gasteiger partial charge in [0.05, 0.1) is 6.10 Å². The smallest absolute Gasteiger partial charge is 0.331 e. The number of carbonyl (C=O) groups excluding carboxylic acids is 1. The van der Waals surface area contributed by atoms with E-state index in [9.17, 15) is 4.79 Å². The number of aliphatic hydroxyl groups excluding tert-OH is 1. The average molecular weight is 359 g/mol. The molecule has 0 fully saturated rings. The highest BCUT2D eigenvalue weighted by Crippen LogP contribution is 2.40. The maximum absolute atomic E-state index is 11.5. The lowest BCUT2D eigenvalue weighted by Crippen LogP contribution is -2.19. The van der Waals surface area contributed by atoms with Gasteiger partial charge in [-0.2, -0.15) is 0 Å². The van der Waals surface area contributed by atoms with Gasteiger partial charge in [0, 0.05) is 6.08 Å². The van der Waals surface area contributed by atoms with Gasteiger partial charge >= 0.3 is 5.97 Å². The van der Waals surface area contributed by atoms with Crippen LogP contribution in [-0.2, 0) is 9.53 Å². The van der Waals surface area contributed by atoms with Crippen molar-refractivity contribution in [2.45, 2.75) is 66.9 Å². The van der Waals surface area contributed by atoms with E-state index in [1.807, 2.05) is 25.2 Å². The summed E-state index contributed by atoms with van der Waals surface area (Å²) in [6, 6.07) is 0. The standard InChI is InChI=1S/C23H34O3/c1-17(12-13-21-19(3)11-8-14-23(21,5)6)9-7-10-18(2)15-22(25)26-16-20(4)24/h7,9-10,12-13,15,20,24H,8,11,14,16H2,1-6H3/b10-7+,13-12+,17-9+,18-15+. The van der Waals surface area contributed by atoms with E-state index >= 15 is 0 Å². The summed E-state index contributed by atoms with van der Waals surface area (Å²) in [6.07, 6.45) is 14.7. The molecular formula is C23H34O3. The van der Waals surface area contributed by atoms with Gasteiger partial charge in [-0.05, 0) is 63.5 Å². The first-order valence-electron chi connectivity index (χ1n) is 9.38. The van der Waals surface area contributed by atoms with Gasteiger partial charge in [0.15, 0.2) is 0 Å². The minimum atomic E-state index is -0.645. The number of ether oxygens (including phenoxy) is 1. The van der Waals surface area contributed by atoms with Crippen molar-refractivity contribution in [3.05, 3.63) is 58.7 Å². The number of rotatable bonds is 7. The second-order valence-electron chi connectivity index (χ2n) is 7.90. The van der Waals surface area contributed by atoms with Gasteiger partial charge in [0.25, 0.3) is 0 Å². The van der Waals surface area contributed by atoms with Crippen LogP contribution in [0.2, 0.25) is 0 Å². The molecule has 3 heteroatoms. The maximum Gasteiger partial charge on any atom is 0.331 e. The normalized spacial score (nSPS) is 20.1. The lowest BCUT2D eigenvalue weighted by Gasteiger charge is -2.32. The quantitative estimate of drug-likeness (QED) is 0.374. The third kappa shape index (κ3) is 8.01. The molecule has 0 aromatic carbocycles. The van der Waals surface area contributed by atoms with Crippen LogP contribution in [0, 0.1) is 5.41 Å². The van der Waals surface area contributed by atoms with Gasteiger partial charge in [-0.15, -0.1) is 0 Å². The van der Waals surface area contributed by atoms with E-state index in [0.29, 0.717) is 0 Å². The zero-order valence-electron chi connectivity index (χ0n) is 17.1. The Kier molecular flexibility index (Phi) is 8.80. The molecule has 1 unspecified atom stereocenters. The molecule has 0 radical (unpaired) electrons. The van der Waals surface area contributed by atoms with E-state index in [1.54, 1.807) is 6.92 Å². The van der Waals surface area contributed by atoms with Crippen molar-refractivity contribution < 1.29 is 14.6 Å². The Morgan fingerprint density at radius 2 is 1.96 bits per heavy atom. The minimum Gasteiger partial charge on any atom is -0.460 e. The van der Waals surface area contributed by atoms with E-state index in [-0.39, 0.29) is 12.0 Å². The summed E-state index contributed by atoms with van der Waals surface area (Å²) in [5, 5.41) is 9.10. The van der Waals surface area contributed by atoms with Crippen LogP contribution in [0.15, 0.2) is 58.7 Å². The van der Waals surface area contributed by atoms with Crippen molar-refractivity contribution >= 4 is 5.97 Å². The van der Waals surface area contributed by atoms with Crippen LogP contribution in [0.5, 0.6) is 0 Å². The third-order valence-electron chi connectivity index (χ3n) is 4.59. The maximum atomic E-state index is 11.5. The van der Waals surface area contributed by atoms with Crippen LogP contribution in [-0.4, -0.2) is 23.8 Å². The first-order chi connectivity index (χ1) is 12.1. The van der Waals surface area contributed by atoms with Crippen LogP contribution < -0.4 is 0 Å². The number of allylic oxidation sites excluding steroid dienone is 9. The van der Waals surface area contributed by atoms with Gasteiger partial charge in [0.1, 0.15) is 6.61 Å². The molecule has 0 aliphatic heterocycles. The van der Waals surface area contributed by atoms with Gasteiger partial charge < -0.3 is 9.84 Å². The molecule has 26 heavy (non-hydrogen) atoms. The van der Waals surface area contributed by atoms with Crippen molar-refractivity contribution in [3.8, 4) is 0 Å². The van der Waals surface area contributed by atoms with Gasteiger partial charge in [-0.3, -0.25) is 0 Å². The molecule has 1 aliphatic carbocycles. The van der Waals surface area contributed by atoms with Gasteiger partial charge in [0.2, 0.25) is 0 Å². The summed E-state index contributed by atoms with van der Waals surface area (Å²) in [4.78, 5) is 11.5. The van der Waals surface area contributed by atoms with Crippen LogP contribution >= 0.6 is 0 Å². The Labute approximate surface area is 158 Å². The molecule has 1 aliphatic rings. The minimum absolute atomic E-state index is 0.0156. The molecule has 0 amide bonds. The molecule has 0 aromatic heterocycles. The molecule has 0 saturated carbocycles. The van der Waals surface area contributed by atoms with Gasteiger partial charge in [-0.25, -0.2) is 4.79 Å². The topological polar surface area (TPSA) is 46.5 Å². The van der Waals surface area contributed by atoms with Crippen molar-refractivity contribution in [2.24, 2.45) is 5.41 Å². The molecule has 144 valence electrons. The van der Waals surface area contributed by atoms with E-state index in [2.05, 4.69) is 39.8 Å². The largest absolute Gasteiger partial charge is 0.460 e. The second-order valence-corrected chi connectivity index (χ2v) is 7.90. The summed E-state index contributed by atoms with van der Waals surface area (Å²) in [5.74, 6) is -0.435. The number of esters is 1. The Bertz CT molecular complexity index is 640. The van der Waals surface area contributed by atoms with Crippen LogP contribution in [0.25, 0.3) is 0 Å². The molecule has 1 atom stereocenters. The molecular weight excluding hydrogens is 324 g/mol. The summed E-state index contributed by atoms with van der Waals surface area (Å²) < 4.78 is 4.91. The van der Waals surface area contributed by atoms with Crippen molar-refractivity contribution in [1.82, 2.24) is 0 Å². The highest BCUT2D eigenvalue weighted by molar-refractivity contribution is 5.83. The number of aliphatic hydroxyl groups is 1. The molecule has 0 spiro atoms. The van der Waals surface area contributed by atoms with Crippen molar-refractivity contribution in [3.63, 3.8) is 0 Å². The average Bonchev–Trinajstić information content (AvgIpc) is 2.51. The highest BCUT2D eigenvalue weighted by Gasteiger charge is 2.26. The van der Waals surface area contributed by atoms with Crippen LogP contribution in [0.3, 0.4) is 0 Å². The Morgan fingerprint density at radius 1 is 1.27 bits per heavy atom. The summed E-state index contributed by atoms with van der Waals surface area (Å²) >= 11 is 0. The van der Waals surface area contributed by atoms with Crippen LogP contribution in [0.4, 0.5) is 0 Å². The fourth-order valence-corrected chi connectivity index (χ4v) is 3.11. The first kappa shape index (κ1) is 22.2. The van der Waals surface area contributed by atoms with Crippen molar-refractivity contribution in [1.29, 1.82) is 0 Å². The number of hydrogen-bond donors (Lipinski definition) is 1. The first-order valence-corrected chi connectivity index (χ1v) is 9.38. The predicted molar refractivity (Wildman–Crippen MR) is 109 cm³/mol. The van der Waals surface area contributed by atoms with E-state index in [4.69, 9.17) is 9.84 Å². The third-order valence-corrected chi connectivity index (χ3v) is 4.59. The zero-order valence-corrected chi connectivity index (χ0v) is 17.1. The van der Waals surface area contributed by atoms with E-state index in [0.717, 1.165) is 11.1 Å². The fraction of sp³-hybridized carbons (Fsp3) is 0.522. The zero-order chi connectivity index (χ0) is 19.7. The lowest BCUT2D eigenvalue weighted by atomic mass is 9.72.